The van der Waals surface area contributed by atoms with Gasteiger partial charge in [0.25, 0.3) is 0 Å². The van der Waals surface area contributed by atoms with Crippen molar-refractivity contribution in [3.8, 4) is 0 Å². The van der Waals surface area contributed by atoms with Gasteiger partial charge < -0.3 is 10.1 Å². The highest BCUT2D eigenvalue weighted by Gasteiger charge is 2.36. The van der Waals surface area contributed by atoms with E-state index in [-0.39, 0.29) is 12.4 Å². The van der Waals surface area contributed by atoms with Gasteiger partial charge in [-0.15, -0.1) is 12.4 Å². The fourth-order valence-electron chi connectivity index (χ4n) is 1.59. The molecule has 1 aromatic rings. The molecule has 0 radical (unpaired) electrons. The van der Waals surface area contributed by atoms with Crippen LogP contribution >= 0.6 is 12.4 Å². The lowest BCUT2D eigenvalue weighted by Crippen LogP contribution is -2.56. The highest BCUT2D eigenvalue weighted by molar-refractivity contribution is 5.85. The summed E-state index contributed by atoms with van der Waals surface area (Å²) in [4.78, 5) is 0. The van der Waals surface area contributed by atoms with E-state index in [4.69, 9.17) is 4.74 Å². The minimum Gasteiger partial charge on any atom is -0.377 e. The molecule has 90 valence electrons. The largest absolute Gasteiger partial charge is 0.377 e. The monoisotopic (exact) mass is 245 g/mol. The molecule has 1 saturated heterocycles. The van der Waals surface area contributed by atoms with Gasteiger partial charge in [-0.2, -0.15) is 0 Å². The summed E-state index contributed by atoms with van der Waals surface area (Å²) in [7, 11) is 0. The number of hydrogen-bond acceptors (Lipinski definition) is 2. The lowest BCUT2D eigenvalue weighted by atomic mass is 9.96. The molecule has 0 spiro atoms. The molecule has 0 aromatic heterocycles. The number of hydrogen-bond donors (Lipinski definition) is 1. The van der Waals surface area contributed by atoms with Gasteiger partial charge in [0.1, 0.15) is 5.67 Å². The summed E-state index contributed by atoms with van der Waals surface area (Å²) in [5, 5.41) is 2.93. The first kappa shape index (κ1) is 13.4. The molecule has 1 aliphatic rings. The van der Waals surface area contributed by atoms with E-state index < -0.39 is 5.67 Å². The average molecular weight is 246 g/mol. The minimum atomic E-state index is -1.02. The molecule has 0 unspecified atom stereocenters. The summed E-state index contributed by atoms with van der Waals surface area (Å²) < 4.78 is 18.9. The van der Waals surface area contributed by atoms with Gasteiger partial charge in [0.15, 0.2) is 0 Å². The standard InChI is InChI=1S/C12H16FNO.ClH/c13-12(9-14-10-12)6-7-15-8-11-4-2-1-3-5-11;/h1-5,14H,6-10H2;1H. The van der Waals surface area contributed by atoms with E-state index in [1.807, 2.05) is 30.3 Å². The fraction of sp³-hybridized carbons (Fsp3) is 0.500. The van der Waals surface area contributed by atoms with Crippen molar-refractivity contribution in [3.05, 3.63) is 35.9 Å². The van der Waals surface area contributed by atoms with Gasteiger partial charge in [0.2, 0.25) is 0 Å². The van der Waals surface area contributed by atoms with E-state index >= 15 is 0 Å². The van der Waals surface area contributed by atoms with E-state index in [1.54, 1.807) is 0 Å². The summed E-state index contributed by atoms with van der Waals surface area (Å²) in [5.41, 5.74) is 0.119. The van der Waals surface area contributed by atoms with Crippen LogP contribution in [0.15, 0.2) is 30.3 Å². The Morgan fingerprint density at radius 2 is 1.94 bits per heavy atom. The Kier molecular flexibility index (Phi) is 5.19. The molecule has 0 amide bonds. The number of ether oxygens (including phenoxy) is 1. The molecule has 2 nitrogen and oxygen atoms in total. The molecule has 1 aliphatic heterocycles. The number of halogens is 2. The minimum absolute atomic E-state index is 0. The van der Waals surface area contributed by atoms with Crippen LogP contribution in [0.2, 0.25) is 0 Å². The maximum absolute atomic E-state index is 13.5. The Hall–Kier alpha value is -0.640. The van der Waals surface area contributed by atoms with E-state index in [2.05, 4.69) is 5.32 Å². The zero-order valence-electron chi connectivity index (χ0n) is 9.12. The van der Waals surface area contributed by atoms with Crippen molar-refractivity contribution < 1.29 is 9.13 Å². The third-order valence-corrected chi connectivity index (χ3v) is 2.69. The molecule has 1 heterocycles. The SMILES string of the molecule is Cl.FC1(CCOCc2ccccc2)CNC1. The Morgan fingerprint density at radius 1 is 1.25 bits per heavy atom. The zero-order chi connectivity index (χ0) is 10.6. The topological polar surface area (TPSA) is 21.3 Å². The molecule has 2 rings (SSSR count). The molecule has 0 atom stereocenters. The van der Waals surface area contributed by atoms with Gasteiger partial charge in [-0.05, 0) is 5.56 Å². The third kappa shape index (κ3) is 3.74. The van der Waals surface area contributed by atoms with Crippen molar-refractivity contribution >= 4 is 12.4 Å². The quantitative estimate of drug-likeness (QED) is 0.804. The predicted octanol–water partition coefficient (Wildman–Crippen LogP) is 2.33. The maximum atomic E-state index is 13.5. The predicted molar refractivity (Wildman–Crippen MR) is 64.7 cm³/mol. The second-order valence-electron chi connectivity index (χ2n) is 4.04. The zero-order valence-corrected chi connectivity index (χ0v) is 9.93. The van der Waals surface area contributed by atoms with Crippen molar-refractivity contribution in [2.24, 2.45) is 0 Å². The summed E-state index contributed by atoms with van der Waals surface area (Å²) in [6, 6.07) is 9.95. The van der Waals surface area contributed by atoms with Gasteiger partial charge in [0, 0.05) is 19.5 Å². The Balaban J connectivity index is 0.00000128. The van der Waals surface area contributed by atoms with Crippen LogP contribution in [0.25, 0.3) is 0 Å². The Labute approximate surface area is 102 Å². The Bertz CT molecular complexity index is 303. The first-order valence-electron chi connectivity index (χ1n) is 5.30. The molecule has 1 aromatic carbocycles. The normalized spacial score (nSPS) is 17.3. The van der Waals surface area contributed by atoms with Gasteiger partial charge in [-0.1, -0.05) is 30.3 Å². The smallest absolute Gasteiger partial charge is 0.137 e. The highest BCUT2D eigenvalue weighted by Crippen LogP contribution is 2.20. The lowest BCUT2D eigenvalue weighted by Gasteiger charge is -2.34. The van der Waals surface area contributed by atoms with E-state index in [1.165, 1.54) is 0 Å². The van der Waals surface area contributed by atoms with Gasteiger partial charge in [-0.3, -0.25) is 0 Å². The maximum Gasteiger partial charge on any atom is 0.137 e. The summed E-state index contributed by atoms with van der Waals surface area (Å²) >= 11 is 0. The van der Waals surface area contributed by atoms with Crippen molar-refractivity contribution in [1.82, 2.24) is 5.32 Å². The van der Waals surface area contributed by atoms with Gasteiger partial charge in [0.05, 0.1) is 13.2 Å². The number of alkyl halides is 1. The van der Waals surface area contributed by atoms with Crippen molar-refractivity contribution in [2.45, 2.75) is 18.7 Å². The van der Waals surface area contributed by atoms with Crippen molar-refractivity contribution in [2.75, 3.05) is 19.7 Å². The molecule has 1 N–H and O–H groups in total. The van der Waals surface area contributed by atoms with Crippen LogP contribution in [0.4, 0.5) is 4.39 Å². The summed E-state index contributed by atoms with van der Waals surface area (Å²) in [6.07, 6.45) is 0.493. The van der Waals surface area contributed by atoms with Crippen LogP contribution in [0, 0.1) is 0 Å². The third-order valence-electron chi connectivity index (χ3n) is 2.69. The first-order valence-corrected chi connectivity index (χ1v) is 5.30. The number of nitrogens with one attached hydrogen (secondary N) is 1. The van der Waals surface area contributed by atoms with E-state index in [9.17, 15) is 4.39 Å². The van der Waals surface area contributed by atoms with E-state index in [0.717, 1.165) is 5.56 Å². The lowest BCUT2D eigenvalue weighted by molar-refractivity contribution is 0.0281. The average Bonchev–Trinajstić information content (AvgIpc) is 2.23. The van der Waals surface area contributed by atoms with Crippen LogP contribution in [0.5, 0.6) is 0 Å². The van der Waals surface area contributed by atoms with Gasteiger partial charge in [-0.25, -0.2) is 4.39 Å². The Morgan fingerprint density at radius 3 is 2.50 bits per heavy atom. The van der Waals surface area contributed by atoms with Crippen molar-refractivity contribution in [3.63, 3.8) is 0 Å². The van der Waals surface area contributed by atoms with Crippen molar-refractivity contribution in [1.29, 1.82) is 0 Å². The molecule has 16 heavy (non-hydrogen) atoms. The molecular weight excluding hydrogens is 229 g/mol. The van der Waals surface area contributed by atoms with Gasteiger partial charge >= 0.3 is 0 Å². The van der Waals surface area contributed by atoms with E-state index in [0.29, 0.717) is 32.7 Å². The number of rotatable bonds is 5. The fourth-order valence-corrected chi connectivity index (χ4v) is 1.59. The summed E-state index contributed by atoms with van der Waals surface area (Å²) in [6.45, 7) is 2.01. The molecule has 1 fully saturated rings. The molecular formula is C12H17ClFNO. The highest BCUT2D eigenvalue weighted by atomic mass is 35.5. The van der Waals surface area contributed by atoms with Crippen LogP contribution in [0.1, 0.15) is 12.0 Å². The van der Waals surface area contributed by atoms with Crippen LogP contribution in [-0.4, -0.2) is 25.4 Å². The second kappa shape index (κ2) is 6.18. The molecule has 0 bridgehead atoms. The summed E-state index contributed by atoms with van der Waals surface area (Å²) in [5.74, 6) is 0. The van der Waals surface area contributed by atoms with Crippen LogP contribution in [0.3, 0.4) is 0 Å². The number of benzene rings is 1. The van der Waals surface area contributed by atoms with Crippen LogP contribution in [-0.2, 0) is 11.3 Å². The second-order valence-corrected chi connectivity index (χ2v) is 4.04. The molecule has 4 heteroatoms. The molecule has 0 saturated carbocycles. The van der Waals surface area contributed by atoms with Crippen LogP contribution < -0.4 is 5.32 Å². The molecule has 0 aliphatic carbocycles. The first-order chi connectivity index (χ1) is 7.29.